The van der Waals surface area contributed by atoms with Gasteiger partial charge < -0.3 is 15.3 Å². The number of phenols is 1. The van der Waals surface area contributed by atoms with Crippen molar-refractivity contribution in [3.05, 3.63) is 29.6 Å². The third kappa shape index (κ3) is 3.31. The second-order valence-corrected chi connectivity index (χ2v) is 6.72. The average Bonchev–Trinajstić information content (AvgIpc) is 2.42. The van der Waals surface area contributed by atoms with Gasteiger partial charge >= 0.3 is 0 Å². The summed E-state index contributed by atoms with van der Waals surface area (Å²) in [5.41, 5.74) is 1.02. The molecule has 0 atom stereocenters. The standard InChI is InChI=1S/C16H24FN3O.HI/c1-15(2)10-20(16(15,3)4)14(18-5)19-9-11-6-7-13(21)12(17)8-11;/h6-8,21H,9-10H2,1-5H3,(H,18,19);1H. The summed E-state index contributed by atoms with van der Waals surface area (Å²) in [6.07, 6.45) is 0. The summed E-state index contributed by atoms with van der Waals surface area (Å²) in [5, 5.41) is 12.5. The Balaban J connectivity index is 0.00000242. The van der Waals surface area contributed by atoms with Gasteiger partial charge in [0.2, 0.25) is 0 Å². The number of nitrogens with one attached hydrogen (secondary N) is 1. The molecule has 0 radical (unpaired) electrons. The van der Waals surface area contributed by atoms with E-state index in [1.54, 1.807) is 13.1 Å². The van der Waals surface area contributed by atoms with E-state index in [0.29, 0.717) is 6.54 Å². The van der Waals surface area contributed by atoms with Crippen LogP contribution >= 0.6 is 24.0 Å². The first-order chi connectivity index (χ1) is 9.69. The maximum atomic E-state index is 13.3. The maximum absolute atomic E-state index is 13.3. The summed E-state index contributed by atoms with van der Waals surface area (Å²) in [7, 11) is 1.75. The molecular weight excluding hydrogens is 396 g/mol. The van der Waals surface area contributed by atoms with Crippen molar-refractivity contribution in [3.8, 4) is 5.75 Å². The molecule has 2 N–H and O–H groups in total. The van der Waals surface area contributed by atoms with E-state index in [-0.39, 0.29) is 40.7 Å². The Hall–Kier alpha value is -1.05. The van der Waals surface area contributed by atoms with Crippen molar-refractivity contribution in [2.45, 2.75) is 39.8 Å². The predicted molar refractivity (Wildman–Crippen MR) is 98.2 cm³/mol. The van der Waals surface area contributed by atoms with E-state index in [1.165, 1.54) is 12.1 Å². The molecule has 1 aromatic rings. The van der Waals surface area contributed by atoms with Crippen LogP contribution in [0.4, 0.5) is 4.39 Å². The summed E-state index contributed by atoms with van der Waals surface area (Å²) >= 11 is 0. The SMILES string of the molecule is CN=C(NCc1ccc(O)c(F)c1)N1CC(C)(C)C1(C)C.I. The monoisotopic (exact) mass is 421 g/mol. The van der Waals surface area contributed by atoms with Crippen LogP contribution in [0.2, 0.25) is 0 Å². The molecule has 0 aliphatic carbocycles. The Labute approximate surface area is 148 Å². The second kappa shape index (κ2) is 6.60. The Kier molecular flexibility index (Phi) is 5.70. The summed E-state index contributed by atoms with van der Waals surface area (Å²) in [4.78, 5) is 6.54. The molecule has 0 saturated carbocycles. The summed E-state index contributed by atoms with van der Waals surface area (Å²) in [6.45, 7) is 10.3. The van der Waals surface area contributed by atoms with E-state index < -0.39 is 5.82 Å². The van der Waals surface area contributed by atoms with Crippen molar-refractivity contribution in [2.24, 2.45) is 10.4 Å². The fourth-order valence-corrected chi connectivity index (χ4v) is 2.54. The molecule has 0 spiro atoms. The highest BCUT2D eigenvalue weighted by atomic mass is 127. The molecule has 0 aromatic heterocycles. The fourth-order valence-electron chi connectivity index (χ4n) is 2.54. The molecule has 4 nitrogen and oxygen atoms in total. The lowest BCUT2D eigenvalue weighted by atomic mass is 9.65. The quantitative estimate of drug-likeness (QED) is 0.438. The van der Waals surface area contributed by atoms with Gasteiger partial charge in [-0.25, -0.2) is 4.39 Å². The van der Waals surface area contributed by atoms with Crippen LogP contribution < -0.4 is 5.32 Å². The van der Waals surface area contributed by atoms with Gasteiger partial charge in [-0.2, -0.15) is 0 Å². The molecule has 1 saturated heterocycles. The minimum atomic E-state index is -0.602. The predicted octanol–water partition coefficient (Wildman–Crippen LogP) is 3.35. The van der Waals surface area contributed by atoms with Crippen molar-refractivity contribution in [1.82, 2.24) is 10.2 Å². The van der Waals surface area contributed by atoms with Crippen LogP contribution in [-0.4, -0.2) is 35.1 Å². The molecule has 124 valence electrons. The zero-order valence-corrected chi connectivity index (χ0v) is 16.1. The highest BCUT2D eigenvalue weighted by Crippen LogP contribution is 2.46. The van der Waals surface area contributed by atoms with Gasteiger partial charge in [-0.05, 0) is 31.5 Å². The highest BCUT2D eigenvalue weighted by molar-refractivity contribution is 14.0. The molecule has 22 heavy (non-hydrogen) atoms. The number of halogens is 2. The third-order valence-electron chi connectivity index (χ3n) is 4.81. The van der Waals surface area contributed by atoms with Crippen LogP contribution in [0.5, 0.6) is 5.75 Å². The van der Waals surface area contributed by atoms with Crippen LogP contribution in [0.15, 0.2) is 23.2 Å². The number of hydrogen-bond acceptors (Lipinski definition) is 2. The maximum Gasteiger partial charge on any atom is 0.194 e. The first-order valence-corrected chi connectivity index (χ1v) is 7.15. The van der Waals surface area contributed by atoms with Gasteiger partial charge in [0.1, 0.15) is 0 Å². The Bertz CT molecular complexity index is 573. The molecule has 1 aliphatic rings. The highest BCUT2D eigenvalue weighted by Gasteiger charge is 2.53. The fraction of sp³-hybridized carbons (Fsp3) is 0.562. The van der Waals surface area contributed by atoms with Gasteiger partial charge in [-0.1, -0.05) is 19.9 Å². The lowest BCUT2D eigenvalue weighted by Crippen LogP contribution is -2.72. The molecule has 6 heteroatoms. The normalized spacial score (nSPS) is 19.2. The Morgan fingerprint density at radius 2 is 2.00 bits per heavy atom. The lowest BCUT2D eigenvalue weighted by molar-refractivity contribution is -0.0667. The number of aromatic hydroxyl groups is 1. The molecule has 1 aromatic carbocycles. The smallest absolute Gasteiger partial charge is 0.194 e. The van der Waals surface area contributed by atoms with Crippen molar-refractivity contribution in [2.75, 3.05) is 13.6 Å². The van der Waals surface area contributed by atoms with Gasteiger partial charge in [0.15, 0.2) is 17.5 Å². The van der Waals surface area contributed by atoms with Gasteiger partial charge in [0.25, 0.3) is 0 Å². The minimum Gasteiger partial charge on any atom is -0.505 e. The lowest BCUT2D eigenvalue weighted by Gasteiger charge is -2.62. The molecule has 0 unspecified atom stereocenters. The summed E-state index contributed by atoms with van der Waals surface area (Å²) < 4.78 is 13.3. The minimum absolute atomic E-state index is 0. The summed E-state index contributed by atoms with van der Waals surface area (Å²) in [6, 6.07) is 4.40. The van der Waals surface area contributed by atoms with Crippen molar-refractivity contribution in [1.29, 1.82) is 0 Å². The molecule has 0 amide bonds. The number of likely N-dealkylation sites (tertiary alicyclic amines) is 1. The zero-order chi connectivity index (χ0) is 15.8. The largest absolute Gasteiger partial charge is 0.505 e. The Morgan fingerprint density at radius 3 is 2.45 bits per heavy atom. The average molecular weight is 421 g/mol. The van der Waals surface area contributed by atoms with E-state index in [1.807, 2.05) is 0 Å². The Morgan fingerprint density at radius 1 is 1.36 bits per heavy atom. The molecular formula is C16H25FIN3O. The zero-order valence-electron chi connectivity index (χ0n) is 13.8. The first-order valence-electron chi connectivity index (χ1n) is 7.15. The molecule has 0 bridgehead atoms. The first kappa shape index (κ1) is 19.0. The van der Waals surface area contributed by atoms with Crippen LogP contribution in [0.3, 0.4) is 0 Å². The van der Waals surface area contributed by atoms with Crippen molar-refractivity contribution >= 4 is 29.9 Å². The van der Waals surface area contributed by atoms with E-state index in [2.05, 4.69) is 42.9 Å². The third-order valence-corrected chi connectivity index (χ3v) is 4.81. The number of guanidine groups is 1. The molecule has 2 rings (SSSR count). The number of hydrogen-bond donors (Lipinski definition) is 2. The topological polar surface area (TPSA) is 47.9 Å². The van der Waals surface area contributed by atoms with Gasteiger partial charge in [-0.15, -0.1) is 24.0 Å². The van der Waals surface area contributed by atoms with Gasteiger partial charge in [0.05, 0.1) is 0 Å². The number of nitrogens with zero attached hydrogens (tertiary/aromatic N) is 2. The van der Waals surface area contributed by atoms with Crippen LogP contribution in [0, 0.1) is 11.2 Å². The van der Waals surface area contributed by atoms with Crippen molar-refractivity contribution < 1.29 is 9.50 Å². The van der Waals surface area contributed by atoms with Gasteiger partial charge in [0, 0.05) is 31.1 Å². The second-order valence-electron chi connectivity index (χ2n) is 6.72. The number of benzene rings is 1. The number of rotatable bonds is 2. The van der Waals surface area contributed by atoms with Crippen LogP contribution in [-0.2, 0) is 6.54 Å². The van der Waals surface area contributed by atoms with E-state index >= 15 is 0 Å². The number of phenolic OH excluding ortho intramolecular Hbond substituents is 1. The van der Waals surface area contributed by atoms with E-state index in [9.17, 15) is 9.50 Å². The molecule has 1 heterocycles. The van der Waals surface area contributed by atoms with Gasteiger partial charge in [-0.3, -0.25) is 4.99 Å². The van der Waals surface area contributed by atoms with Crippen LogP contribution in [0.25, 0.3) is 0 Å². The molecule has 1 fully saturated rings. The van der Waals surface area contributed by atoms with Crippen LogP contribution in [0.1, 0.15) is 33.3 Å². The number of aliphatic imine (C=N–C) groups is 1. The molecule has 1 aliphatic heterocycles. The van der Waals surface area contributed by atoms with E-state index in [4.69, 9.17) is 0 Å². The summed E-state index contributed by atoms with van der Waals surface area (Å²) in [5.74, 6) is -0.115. The van der Waals surface area contributed by atoms with Crippen molar-refractivity contribution in [3.63, 3.8) is 0 Å². The van der Waals surface area contributed by atoms with E-state index in [0.717, 1.165) is 18.1 Å².